The molecule has 0 bridgehead atoms. The molecule has 0 amide bonds. The van der Waals surface area contributed by atoms with Crippen molar-refractivity contribution in [3.8, 4) is 0 Å². The van der Waals surface area contributed by atoms with Gasteiger partial charge in [-0.25, -0.2) is 4.98 Å². The summed E-state index contributed by atoms with van der Waals surface area (Å²) in [6.07, 6.45) is 2.49. The number of nitrogens with zero attached hydrogens (tertiary/aromatic N) is 1. The average Bonchev–Trinajstić information content (AvgIpc) is 2.73. The van der Waals surface area contributed by atoms with E-state index in [1.807, 2.05) is 0 Å². The average molecular weight is 262 g/mol. The Morgan fingerprint density at radius 3 is 3.11 bits per heavy atom. The van der Waals surface area contributed by atoms with Crippen molar-refractivity contribution in [1.82, 2.24) is 4.98 Å². The lowest BCUT2D eigenvalue weighted by atomic mass is 10.1. The third kappa shape index (κ3) is 2.35. The number of thiazole rings is 1. The lowest BCUT2D eigenvalue weighted by Crippen LogP contribution is -2.32. The van der Waals surface area contributed by atoms with Gasteiger partial charge in [0.2, 0.25) is 0 Å². The van der Waals surface area contributed by atoms with Crippen LogP contribution in [0.25, 0.3) is 10.2 Å². The van der Waals surface area contributed by atoms with E-state index in [9.17, 15) is 0 Å². The van der Waals surface area contributed by atoms with E-state index >= 15 is 0 Å². The number of para-hydroxylation sites is 1. The Hall–Kier alpha value is -1.13. The first-order valence-corrected chi connectivity index (χ1v) is 7.28. The first-order valence-electron chi connectivity index (χ1n) is 6.46. The molecule has 1 aromatic carbocycles. The molecule has 2 unspecified atom stereocenters. The maximum absolute atomic E-state index is 5.57. The molecule has 1 fully saturated rings. The second-order valence-corrected chi connectivity index (χ2v) is 6.02. The summed E-state index contributed by atoms with van der Waals surface area (Å²) in [5, 5.41) is 4.60. The molecule has 1 aliphatic heterocycles. The van der Waals surface area contributed by atoms with Gasteiger partial charge in [-0.2, -0.15) is 0 Å². The summed E-state index contributed by atoms with van der Waals surface area (Å²) in [5.41, 5.74) is 2.38. The number of anilines is 1. The lowest BCUT2D eigenvalue weighted by molar-refractivity contribution is 0.0232. The number of aromatic nitrogens is 1. The molecule has 2 aromatic rings. The molecule has 96 valence electrons. The van der Waals surface area contributed by atoms with Crippen molar-refractivity contribution in [3.05, 3.63) is 23.8 Å². The summed E-state index contributed by atoms with van der Waals surface area (Å²) in [6.45, 7) is 5.10. The highest BCUT2D eigenvalue weighted by atomic mass is 32.1. The summed E-state index contributed by atoms with van der Waals surface area (Å²) in [7, 11) is 0. The van der Waals surface area contributed by atoms with Crippen LogP contribution < -0.4 is 5.32 Å². The van der Waals surface area contributed by atoms with E-state index in [2.05, 4.69) is 37.4 Å². The zero-order valence-corrected chi connectivity index (χ0v) is 11.6. The minimum absolute atomic E-state index is 0.354. The summed E-state index contributed by atoms with van der Waals surface area (Å²) >= 11 is 1.74. The molecule has 1 aliphatic rings. The third-order valence-electron chi connectivity index (χ3n) is 3.43. The van der Waals surface area contributed by atoms with Crippen LogP contribution in [0.15, 0.2) is 18.2 Å². The van der Waals surface area contributed by atoms with Crippen LogP contribution in [-0.2, 0) is 4.74 Å². The van der Waals surface area contributed by atoms with Crippen molar-refractivity contribution in [2.24, 2.45) is 0 Å². The molecule has 0 radical (unpaired) electrons. The van der Waals surface area contributed by atoms with Crippen LogP contribution in [0.3, 0.4) is 0 Å². The van der Waals surface area contributed by atoms with Gasteiger partial charge in [0.05, 0.1) is 16.3 Å². The van der Waals surface area contributed by atoms with E-state index in [0.29, 0.717) is 12.1 Å². The standard InChI is InChI=1S/C14H18N2OS/c1-9-4-3-5-12-13(9)16-14(18-12)15-11-6-7-17-10(2)8-11/h3-5,10-11H,6-8H2,1-2H3,(H,15,16). The van der Waals surface area contributed by atoms with Gasteiger partial charge in [-0.05, 0) is 38.3 Å². The zero-order valence-electron chi connectivity index (χ0n) is 10.8. The molecular weight excluding hydrogens is 244 g/mol. The maximum Gasteiger partial charge on any atom is 0.184 e. The zero-order chi connectivity index (χ0) is 12.5. The second kappa shape index (κ2) is 4.86. The molecule has 2 atom stereocenters. The van der Waals surface area contributed by atoms with Crippen molar-refractivity contribution < 1.29 is 4.74 Å². The van der Waals surface area contributed by atoms with Gasteiger partial charge in [0.25, 0.3) is 0 Å². The summed E-state index contributed by atoms with van der Waals surface area (Å²) in [4.78, 5) is 4.70. The Bertz CT molecular complexity index is 552. The van der Waals surface area contributed by atoms with Gasteiger partial charge in [0.1, 0.15) is 0 Å². The van der Waals surface area contributed by atoms with Crippen LogP contribution in [0.2, 0.25) is 0 Å². The molecule has 4 heteroatoms. The Labute approximate surface area is 111 Å². The van der Waals surface area contributed by atoms with Crippen LogP contribution in [0.4, 0.5) is 5.13 Å². The van der Waals surface area contributed by atoms with E-state index in [1.165, 1.54) is 10.3 Å². The normalized spacial score (nSPS) is 24.3. The maximum atomic E-state index is 5.57. The summed E-state index contributed by atoms with van der Waals surface area (Å²) in [5.74, 6) is 0. The lowest BCUT2D eigenvalue weighted by Gasteiger charge is -2.27. The molecule has 0 aliphatic carbocycles. The number of ether oxygens (including phenoxy) is 1. The van der Waals surface area contributed by atoms with Gasteiger partial charge in [-0.3, -0.25) is 0 Å². The van der Waals surface area contributed by atoms with Crippen LogP contribution >= 0.6 is 11.3 Å². The molecule has 1 saturated heterocycles. The fraction of sp³-hybridized carbons (Fsp3) is 0.500. The van der Waals surface area contributed by atoms with E-state index in [-0.39, 0.29) is 0 Å². The topological polar surface area (TPSA) is 34.1 Å². The van der Waals surface area contributed by atoms with Crippen LogP contribution in [0, 0.1) is 6.92 Å². The van der Waals surface area contributed by atoms with Crippen molar-refractivity contribution in [2.45, 2.75) is 38.8 Å². The van der Waals surface area contributed by atoms with Crippen LogP contribution in [-0.4, -0.2) is 23.7 Å². The van der Waals surface area contributed by atoms with Crippen molar-refractivity contribution in [1.29, 1.82) is 0 Å². The number of aryl methyl sites for hydroxylation is 1. The monoisotopic (exact) mass is 262 g/mol. The number of benzene rings is 1. The minimum atomic E-state index is 0.354. The van der Waals surface area contributed by atoms with Crippen molar-refractivity contribution in [3.63, 3.8) is 0 Å². The fourth-order valence-corrected chi connectivity index (χ4v) is 3.47. The molecule has 0 spiro atoms. The highest BCUT2D eigenvalue weighted by molar-refractivity contribution is 7.22. The van der Waals surface area contributed by atoms with Gasteiger partial charge in [0.15, 0.2) is 5.13 Å². The molecule has 3 rings (SSSR count). The Morgan fingerprint density at radius 1 is 1.44 bits per heavy atom. The first kappa shape index (κ1) is 11.9. The van der Waals surface area contributed by atoms with Crippen LogP contribution in [0.5, 0.6) is 0 Å². The molecule has 0 saturated carbocycles. The summed E-state index contributed by atoms with van der Waals surface area (Å²) in [6, 6.07) is 6.84. The van der Waals surface area contributed by atoms with Gasteiger partial charge < -0.3 is 10.1 Å². The van der Waals surface area contributed by atoms with Crippen molar-refractivity contribution in [2.75, 3.05) is 11.9 Å². The second-order valence-electron chi connectivity index (χ2n) is 4.99. The quantitative estimate of drug-likeness (QED) is 0.898. The minimum Gasteiger partial charge on any atom is -0.378 e. The molecule has 1 N–H and O–H groups in total. The molecule has 3 nitrogen and oxygen atoms in total. The number of rotatable bonds is 2. The highest BCUT2D eigenvalue weighted by Crippen LogP contribution is 2.29. The molecule has 18 heavy (non-hydrogen) atoms. The largest absolute Gasteiger partial charge is 0.378 e. The number of hydrogen-bond acceptors (Lipinski definition) is 4. The smallest absolute Gasteiger partial charge is 0.184 e. The Kier molecular flexibility index (Phi) is 3.22. The van der Waals surface area contributed by atoms with Gasteiger partial charge in [0, 0.05) is 12.6 Å². The SMILES string of the molecule is Cc1cccc2sc(NC3CCOC(C)C3)nc12. The Balaban J connectivity index is 1.80. The van der Waals surface area contributed by atoms with Gasteiger partial charge in [-0.15, -0.1) is 0 Å². The first-order chi connectivity index (χ1) is 8.72. The number of hydrogen-bond donors (Lipinski definition) is 1. The van der Waals surface area contributed by atoms with Gasteiger partial charge >= 0.3 is 0 Å². The number of fused-ring (bicyclic) bond motifs is 1. The van der Waals surface area contributed by atoms with Crippen molar-refractivity contribution >= 4 is 26.7 Å². The van der Waals surface area contributed by atoms with E-state index in [0.717, 1.165) is 30.1 Å². The van der Waals surface area contributed by atoms with E-state index in [4.69, 9.17) is 9.72 Å². The third-order valence-corrected chi connectivity index (χ3v) is 4.39. The number of nitrogens with one attached hydrogen (secondary N) is 1. The molecule has 1 aromatic heterocycles. The van der Waals surface area contributed by atoms with E-state index < -0.39 is 0 Å². The van der Waals surface area contributed by atoms with Gasteiger partial charge in [-0.1, -0.05) is 23.5 Å². The van der Waals surface area contributed by atoms with Crippen LogP contribution in [0.1, 0.15) is 25.3 Å². The molecule has 2 heterocycles. The highest BCUT2D eigenvalue weighted by Gasteiger charge is 2.20. The predicted octanol–water partition coefficient (Wildman–Crippen LogP) is 3.58. The summed E-state index contributed by atoms with van der Waals surface area (Å²) < 4.78 is 6.83. The fourth-order valence-electron chi connectivity index (χ4n) is 2.45. The molecular formula is C14H18N2OS. The van der Waals surface area contributed by atoms with E-state index in [1.54, 1.807) is 11.3 Å². The Morgan fingerprint density at radius 2 is 2.33 bits per heavy atom. The predicted molar refractivity (Wildman–Crippen MR) is 76.4 cm³/mol.